The summed E-state index contributed by atoms with van der Waals surface area (Å²) in [7, 11) is 1.56. The molecule has 0 saturated carbocycles. The third-order valence-electron chi connectivity index (χ3n) is 1.64. The van der Waals surface area contributed by atoms with Crippen LogP contribution in [0.3, 0.4) is 0 Å². The van der Waals surface area contributed by atoms with E-state index in [-0.39, 0.29) is 12.6 Å². The van der Waals surface area contributed by atoms with E-state index in [0.29, 0.717) is 23.0 Å². The summed E-state index contributed by atoms with van der Waals surface area (Å²) in [6, 6.07) is 1.35. The van der Waals surface area contributed by atoms with Crippen molar-refractivity contribution < 1.29 is 9.84 Å². The van der Waals surface area contributed by atoms with Gasteiger partial charge in [-0.3, -0.25) is 0 Å². The Hall–Kier alpha value is -0.920. The molecule has 0 amide bonds. The maximum Gasteiger partial charge on any atom is 0.226 e. The van der Waals surface area contributed by atoms with Gasteiger partial charge in [0.2, 0.25) is 5.95 Å². The van der Waals surface area contributed by atoms with Gasteiger partial charge in [-0.2, -0.15) is 4.98 Å². The Labute approximate surface area is 96.0 Å². The number of nitrogens with zero attached hydrogens (tertiary/aromatic N) is 2. The minimum Gasteiger partial charge on any atom is -0.394 e. The smallest absolute Gasteiger partial charge is 0.226 e. The van der Waals surface area contributed by atoms with Crippen LogP contribution >= 0.6 is 15.9 Å². The van der Waals surface area contributed by atoms with Crippen LogP contribution in [0.15, 0.2) is 10.7 Å². The Morgan fingerprint density at radius 1 is 1.67 bits per heavy atom. The van der Waals surface area contributed by atoms with Gasteiger partial charge in [0.1, 0.15) is 10.4 Å². The summed E-state index contributed by atoms with van der Waals surface area (Å²) in [6.07, 6.45) is 0. The molecule has 0 bridgehead atoms. The van der Waals surface area contributed by atoms with Crippen LogP contribution in [0.1, 0.15) is 0 Å². The summed E-state index contributed by atoms with van der Waals surface area (Å²) >= 11 is 3.20. The average Bonchev–Trinajstić information content (AvgIpc) is 2.15. The SMILES string of the molecule is COCC(CO)Nc1nc(N)cc(Br)n1. The number of methoxy groups -OCH3 is 1. The summed E-state index contributed by atoms with van der Waals surface area (Å²) in [5, 5.41) is 11.9. The molecule has 4 N–H and O–H groups in total. The van der Waals surface area contributed by atoms with Crippen LogP contribution in [-0.2, 0) is 4.74 Å². The van der Waals surface area contributed by atoms with Crippen LogP contribution in [0.2, 0.25) is 0 Å². The molecule has 1 aromatic rings. The van der Waals surface area contributed by atoms with Crippen molar-refractivity contribution in [3.8, 4) is 0 Å². The number of nitrogens with two attached hydrogens (primary N) is 1. The zero-order chi connectivity index (χ0) is 11.3. The van der Waals surface area contributed by atoms with E-state index in [1.807, 2.05) is 0 Å². The summed E-state index contributed by atoms with van der Waals surface area (Å²) in [4.78, 5) is 8.01. The third kappa shape index (κ3) is 3.98. The van der Waals surface area contributed by atoms with E-state index in [4.69, 9.17) is 15.6 Å². The van der Waals surface area contributed by atoms with Crippen molar-refractivity contribution in [3.05, 3.63) is 10.7 Å². The molecule has 6 nitrogen and oxygen atoms in total. The second kappa shape index (κ2) is 5.84. The molecule has 0 aromatic carbocycles. The van der Waals surface area contributed by atoms with Crippen LogP contribution in [-0.4, -0.2) is 41.4 Å². The van der Waals surface area contributed by atoms with Gasteiger partial charge < -0.3 is 20.9 Å². The first kappa shape index (κ1) is 12.2. The van der Waals surface area contributed by atoms with Gasteiger partial charge in [-0.15, -0.1) is 0 Å². The highest BCUT2D eigenvalue weighted by molar-refractivity contribution is 9.10. The van der Waals surface area contributed by atoms with Crippen LogP contribution in [0.5, 0.6) is 0 Å². The Morgan fingerprint density at radius 3 is 2.93 bits per heavy atom. The largest absolute Gasteiger partial charge is 0.394 e. The maximum absolute atomic E-state index is 9.02. The Bertz CT molecular complexity index is 303. The number of hydrogen-bond donors (Lipinski definition) is 3. The molecule has 7 heteroatoms. The fourth-order valence-electron chi connectivity index (χ4n) is 1.02. The fraction of sp³-hybridized carbons (Fsp3) is 0.500. The number of aliphatic hydroxyl groups excluding tert-OH is 1. The van der Waals surface area contributed by atoms with Crippen molar-refractivity contribution in [3.63, 3.8) is 0 Å². The molecule has 0 aliphatic rings. The first-order chi connectivity index (χ1) is 7.15. The summed E-state index contributed by atoms with van der Waals surface area (Å²) in [6.45, 7) is 0.301. The van der Waals surface area contributed by atoms with Gasteiger partial charge in [0.25, 0.3) is 0 Å². The molecule has 0 radical (unpaired) electrons. The third-order valence-corrected chi connectivity index (χ3v) is 2.04. The van der Waals surface area contributed by atoms with Crippen molar-refractivity contribution in [2.75, 3.05) is 31.4 Å². The van der Waals surface area contributed by atoms with E-state index in [1.54, 1.807) is 13.2 Å². The molecule has 1 heterocycles. The topological polar surface area (TPSA) is 93.3 Å². The van der Waals surface area contributed by atoms with Crippen molar-refractivity contribution in [2.45, 2.75) is 6.04 Å². The fourth-order valence-corrected chi connectivity index (χ4v) is 1.43. The van der Waals surface area contributed by atoms with Crippen LogP contribution in [0.25, 0.3) is 0 Å². The van der Waals surface area contributed by atoms with E-state index in [9.17, 15) is 0 Å². The minimum atomic E-state index is -0.247. The minimum absolute atomic E-state index is 0.0659. The Morgan fingerprint density at radius 2 is 2.40 bits per heavy atom. The standard InChI is InChI=1S/C8H13BrN4O2/c1-15-4-5(3-14)11-8-12-6(9)2-7(10)13-8/h2,5,14H,3-4H2,1H3,(H3,10,11,12,13). The van der Waals surface area contributed by atoms with E-state index in [0.717, 1.165) is 0 Å². The van der Waals surface area contributed by atoms with E-state index in [2.05, 4.69) is 31.2 Å². The number of nitrogen functional groups attached to an aromatic ring is 1. The lowest BCUT2D eigenvalue weighted by Crippen LogP contribution is -2.29. The van der Waals surface area contributed by atoms with Gasteiger partial charge in [0, 0.05) is 13.2 Å². The number of aliphatic hydroxyl groups is 1. The molecule has 1 aromatic heterocycles. The van der Waals surface area contributed by atoms with Gasteiger partial charge in [0.15, 0.2) is 0 Å². The number of anilines is 2. The molecule has 0 aliphatic carbocycles. The van der Waals surface area contributed by atoms with Gasteiger partial charge in [-0.25, -0.2) is 4.98 Å². The Kier molecular flexibility index (Phi) is 4.73. The number of ether oxygens (including phenoxy) is 1. The first-order valence-electron chi connectivity index (χ1n) is 4.32. The lowest BCUT2D eigenvalue weighted by Gasteiger charge is -2.15. The average molecular weight is 277 g/mol. The molecule has 0 spiro atoms. The predicted molar refractivity (Wildman–Crippen MR) is 60.5 cm³/mol. The van der Waals surface area contributed by atoms with Gasteiger partial charge in [-0.1, -0.05) is 0 Å². The number of aromatic nitrogens is 2. The number of hydrogen-bond acceptors (Lipinski definition) is 6. The molecule has 0 fully saturated rings. The summed E-state index contributed by atoms with van der Waals surface area (Å²) < 4.78 is 5.50. The lowest BCUT2D eigenvalue weighted by atomic mass is 10.3. The highest BCUT2D eigenvalue weighted by Gasteiger charge is 2.09. The molecular weight excluding hydrogens is 264 g/mol. The first-order valence-corrected chi connectivity index (χ1v) is 5.11. The van der Waals surface area contributed by atoms with Crippen molar-refractivity contribution in [1.29, 1.82) is 0 Å². The molecule has 1 rings (SSSR count). The van der Waals surface area contributed by atoms with Crippen LogP contribution < -0.4 is 11.1 Å². The van der Waals surface area contributed by atoms with E-state index < -0.39 is 0 Å². The molecular formula is C8H13BrN4O2. The van der Waals surface area contributed by atoms with Crippen LogP contribution in [0.4, 0.5) is 11.8 Å². The second-order valence-corrected chi connectivity index (χ2v) is 3.73. The Balaban J connectivity index is 2.69. The van der Waals surface area contributed by atoms with Gasteiger partial charge >= 0.3 is 0 Å². The number of rotatable bonds is 5. The van der Waals surface area contributed by atoms with Crippen molar-refractivity contribution in [1.82, 2.24) is 9.97 Å². The number of halogens is 1. The predicted octanol–water partition coefficient (Wildman–Crippen LogP) is 0.240. The molecule has 0 saturated heterocycles. The number of nitrogens with one attached hydrogen (secondary N) is 1. The summed E-state index contributed by atoms with van der Waals surface area (Å²) in [5.74, 6) is 0.714. The van der Waals surface area contributed by atoms with Gasteiger partial charge in [0.05, 0.1) is 19.3 Å². The monoisotopic (exact) mass is 276 g/mol. The molecule has 84 valence electrons. The zero-order valence-corrected chi connectivity index (χ0v) is 9.86. The quantitative estimate of drug-likeness (QED) is 0.668. The molecule has 1 unspecified atom stereocenters. The lowest BCUT2D eigenvalue weighted by molar-refractivity contribution is 0.153. The maximum atomic E-state index is 9.02. The zero-order valence-electron chi connectivity index (χ0n) is 8.27. The normalized spacial score (nSPS) is 12.5. The second-order valence-electron chi connectivity index (χ2n) is 2.92. The van der Waals surface area contributed by atoms with Crippen molar-refractivity contribution in [2.24, 2.45) is 0 Å². The van der Waals surface area contributed by atoms with Crippen molar-refractivity contribution >= 4 is 27.7 Å². The highest BCUT2D eigenvalue weighted by atomic mass is 79.9. The van der Waals surface area contributed by atoms with E-state index in [1.165, 1.54) is 0 Å². The highest BCUT2D eigenvalue weighted by Crippen LogP contribution is 2.12. The molecule has 1 atom stereocenters. The molecule has 15 heavy (non-hydrogen) atoms. The van der Waals surface area contributed by atoms with E-state index >= 15 is 0 Å². The summed E-state index contributed by atoms with van der Waals surface area (Å²) in [5.41, 5.74) is 5.54. The van der Waals surface area contributed by atoms with Gasteiger partial charge in [-0.05, 0) is 15.9 Å². The molecule has 0 aliphatic heterocycles. The van der Waals surface area contributed by atoms with Crippen LogP contribution in [0, 0.1) is 0 Å².